The fourth-order valence-corrected chi connectivity index (χ4v) is 1.50. The second kappa shape index (κ2) is 4.83. The van der Waals surface area contributed by atoms with Crippen LogP contribution in [-0.4, -0.2) is 16.6 Å². The predicted octanol–water partition coefficient (Wildman–Crippen LogP) is 3.73. The molecule has 0 bridgehead atoms. The number of hydrogen-bond acceptors (Lipinski definition) is 1. The maximum Gasteiger partial charge on any atom is 0.347 e. The van der Waals surface area contributed by atoms with E-state index in [0.717, 1.165) is 0 Å². The van der Waals surface area contributed by atoms with Crippen LogP contribution in [0.3, 0.4) is 0 Å². The molecule has 0 amide bonds. The van der Waals surface area contributed by atoms with Crippen LogP contribution in [0.5, 0.6) is 0 Å². The van der Waals surface area contributed by atoms with Crippen molar-refractivity contribution in [2.24, 2.45) is 0 Å². The molecule has 1 rings (SSSR count). The third-order valence-electron chi connectivity index (χ3n) is 1.82. The summed E-state index contributed by atoms with van der Waals surface area (Å²) in [6.45, 7) is 0. The van der Waals surface area contributed by atoms with E-state index in [1.165, 1.54) is 12.1 Å². The molecule has 0 aliphatic carbocycles. The Morgan fingerprint density at radius 3 is 2.47 bits per heavy atom. The van der Waals surface area contributed by atoms with Gasteiger partial charge in [-0.1, -0.05) is 35.3 Å². The zero-order chi connectivity index (χ0) is 11.6. The second-order valence-corrected chi connectivity index (χ2v) is 4.26. The molecule has 1 aromatic carbocycles. The minimum absolute atomic E-state index is 0.152. The van der Waals surface area contributed by atoms with Crippen molar-refractivity contribution in [3.05, 3.63) is 33.8 Å². The summed E-state index contributed by atoms with van der Waals surface area (Å²) in [5, 5.41) is 5.80. The van der Waals surface area contributed by atoms with Gasteiger partial charge in [0.1, 0.15) is 6.10 Å². The van der Waals surface area contributed by atoms with Gasteiger partial charge in [0.25, 0.3) is 0 Å². The van der Waals surface area contributed by atoms with Crippen LogP contribution >= 0.6 is 34.8 Å². The van der Waals surface area contributed by atoms with Crippen LogP contribution in [0.2, 0.25) is 10.0 Å². The van der Waals surface area contributed by atoms with E-state index in [1.54, 1.807) is 6.07 Å². The lowest BCUT2D eigenvalue weighted by Crippen LogP contribution is -2.29. The normalized spacial score (nSPS) is 14.0. The highest BCUT2D eigenvalue weighted by Crippen LogP contribution is 2.30. The first-order valence-electron chi connectivity index (χ1n) is 4.00. The molecule has 0 radical (unpaired) electrons. The minimum atomic E-state index is -3.67. The van der Waals surface area contributed by atoms with E-state index in [2.05, 4.69) is 11.6 Å². The lowest BCUT2D eigenvalue weighted by molar-refractivity contribution is -0.0397. The molecular weight excluding hydrogens is 268 g/mol. The number of alkyl halides is 3. The van der Waals surface area contributed by atoms with Crippen molar-refractivity contribution in [3.8, 4) is 0 Å². The molecule has 1 nitrogen and oxygen atoms in total. The molecule has 1 unspecified atom stereocenters. The third kappa shape index (κ3) is 3.45. The first kappa shape index (κ1) is 13.0. The van der Waals surface area contributed by atoms with Crippen LogP contribution in [0.25, 0.3) is 0 Å². The van der Waals surface area contributed by atoms with Gasteiger partial charge in [-0.25, -0.2) is 0 Å². The van der Waals surface area contributed by atoms with E-state index in [4.69, 9.17) is 28.3 Å². The van der Waals surface area contributed by atoms with Crippen LogP contribution in [0.4, 0.5) is 8.78 Å². The second-order valence-electron chi connectivity index (χ2n) is 2.97. The Balaban J connectivity index is 2.86. The van der Waals surface area contributed by atoms with Crippen LogP contribution in [0.1, 0.15) is 5.56 Å². The smallest absolute Gasteiger partial charge is 0.347 e. The Labute approximate surface area is 101 Å². The molecule has 6 heteroatoms. The first-order valence-corrected chi connectivity index (χ1v) is 5.13. The quantitative estimate of drug-likeness (QED) is 0.834. The predicted molar refractivity (Wildman–Crippen MR) is 57.0 cm³/mol. The van der Waals surface area contributed by atoms with Crippen molar-refractivity contribution < 1.29 is 13.9 Å². The van der Waals surface area contributed by atoms with Gasteiger partial charge in [-0.15, -0.1) is 0 Å². The molecule has 0 heterocycles. The summed E-state index contributed by atoms with van der Waals surface area (Å²) in [4.78, 5) is 0. The van der Waals surface area contributed by atoms with Gasteiger partial charge in [0.05, 0.1) is 10.0 Å². The molecule has 1 N–H and O–H groups in total. The Kier molecular flexibility index (Phi) is 4.18. The van der Waals surface area contributed by atoms with E-state index in [9.17, 15) is 8.78 Å². The van der Waals surface area contributed by atoms with E-state index in [1.807, 2.05) is 0 Å². The Hall–Kier alpha value is -0.0900. The maximum atomic E-state index is 12.5. The van der Waals surface area contributed by atoms with Gasteiger partial charge in [-0.3, -0.25) is 0 Å². The van der Waals surface area contributed by atoms with Crippen LogP contribution in [0.15, 0.2) is 18.2 Å². The summed E-state index contributed by atoms with van der Waals surface area (Å²) in [7, 11) is 0. The zero-order valence-corrected chi connectivity index (χ0v) is 9.62. The summed E-state index contributed by atoms with van der Waals surface area (Å²) in [6.07, 6.45) is -2.34. The average molecular weight is 276 g/mol. The highest BCUT2D eigenvalue weighted by atomic mass is 35.5. The monoisotopic (exact) mass is 274 g/mol. The van der Waals surface area contributed by atoms with Crippen molar-refractivity contribution in [1.82, 2.24) is 0 Å². The lowest BCUT2D eigenvalue weighted by Gasteiger charge is -2.16. The number of hydrogen-bond donors (Lipinski definition) is 1. The molecule has 0 spiro atoms. The van der Waals surface area contributed by atoms with Crippen LogP contribution in [0, 0.1) is 0 Å². The molecule has 0 aromatic heterocycles. The lowest BCUT2D eigenvalue weighted by atomic mass is 10.1. The Bertz CT molecular complexity index is 352. The zero-order valence-electron chi connectivity index (χ0n) is 7.35. The number of aliphatic hydroxyl groups excluding tert-OH is 1. The first-order chi connectivity index (χ1) is 6.82. The summed E-state index contributed by atoms with van der Waals surface area (Å²) in [5.41, 5.74) is 0.331. The summed E-state index contributed by atoms with van der Waals surface area (Å²) in [5.74, 6) is 0. The molecule has 0 saturated heterocycles. The number of rotatable bonds is 3. The fraction of sp³-hybridized carbons (Fsp3) is 0.333. The van der Waals surface area contributed by atoms with Crippen molar-refractivity contribution in [2.75, 3.05) is 0 Å². The topological polar surface area (TPSA) is 20.2 Å². The highest BCUT2D eigenvalue weighted by Gasteiger charge is 2.35. The van der Waals surface area contributed by atoms with Gasteiger partial charge in [0, 0.05) is 6.42 Å². The standard InChI is InChI=1S/C9H7Cl3F2O/c10-6-3-1-2-5(8(6)11)4-7(15)9(12,13)14/h1-3,7,15H,4H2. The maximum absolute atomic E-state index is 12.5. The van der Waals surface area contributed by atoms with E-state index >= 15 is 0 Å². The van der Waals surface area contributed by atoms with E-state index in [-0.39, 0.29) is 16.5 Å². The van der Waals surface area contributed by atoms with Gasteiger partial charge in [-0.2, -0.15) is 8.78 Å². The van der Waals surface area contributed by atoms with Gasteiger partial charge >= 0.3 is 5.38 Å². The minimum Gasteiger partial charge on any atom is -0.385 e. The SMILES string of the molecule is OC(Cc1cccc(Cl)c1Cl)C(F)(F)Cl. The molecule has 0 aliphatic heterocycles. The average Bonchev–Trinajstić information content (AvgIpc) is 2.11. The summed E-state index contributed by atoms with van der Waals surface area (Å²) in [6, 6.07) is 4.58. The Morgan fingerprint density at radius 1 is 1.33 bits per heavy atom. The number of aliphatic hydroxyl groups is 1. The number of halogens is 5. The molecule has 15 heavy (non-hydrogen) atoms. The van der Waals surface area contributed by atoms with Gasteiger partial charge in [-0.05, 0) is 23.2 Å². The molecular formula is C9H7Cl3F2O. The largest absolute Gasteiger partial charge is 0.385 e. The van der Waals surface area contributed by atoms with Gasteiger partial charge in [0.2, 0.25) is 0 Å². The third-order valence-corrected chi connectivity index (χ3v) is 2.93. The van der Waals surface area contributed by atoms with Crippen LogP contribution < -0.4 is 0 Å². The molecule has 0 fully saturated rings. The van der Waals surface area contributed by atoms with Gasteiger partial charge in [0.15, 0.2) is 0 Å². The Morgan fingerprint density at radius 2 is 1.93 bits per heavy atom. The van der Waals surface area contributed by atoms with Crippen LogP contribution in [-0.2, 0) is 6.42 Å². The summed E-state index contributed by atoms with van der Waals surface area (Å²) >= 11 is 16.1. The van der Waals surface area contributed by atoms with Crippen molar-refractivity contribution in [3.63, 3.8) is 0 Å². The molecule has 84 valence electrons. The van der Waals surface area contributed by atoms with E-state index in [0.29, 0.717) is 5.56 Å². The number of benzene rings is 1. The fourth-order valence-electron chi connectivity index (χ4n) is 1.03. The van der Waals surface area contributed by atoms with Gasteiger partial charge < -0.3 is 5.11 Å². The van der Waals surface area contributed by atoms with Crippen molar-refractivity contribution >= 4 is 34.8 Å². The summed E-state index contributed by atoms with van der Waals surface area (Å²) < 4.78 is 24.9. The molecule has 1 aromatic rings. The van der Waals surface area contributed by atoms with Crippen molar-refractivity contribution in [1.29, 1.82) is 0 Å². The molecule has 0 saturated carbocycles. The molecule has 0 aliphatic rings. The highest BCUT2D eigenvalue weighted by molar-refractivity contribution is 6.42. The molecule has 1 atom stereocenters. The van der Waals surface area contributed by atoms with E-state index < -0.39 is 11.5 Å². The van der Waals surface area contributed by atoms with Crippen molar-refractivity contribution in [2.45, 2.75) is 17.9 Å².